The number of aliphatic hydroxyl groups excluding tert-OH is 2. The largest absolute Gasteiger partial charge is 0.481 e. The molecule has 0 unspecified atom stereocenters. The van der Waals surface area contributed by atoms with Gasteiger partial charge in [0.2, 0.25) is 0 Å². The molecule has 0 saturated heterocycles. The van der Waals surface area contributed by atoms with Gasteiger partial charge in [-0.15, -0.1) is 0 Å². The van der Waals surface area contributed by atoms with Gasteiger partial charge in [0.1, 0.15) is 11.0 Å². The number of carbonyl (C=O) groups is 4. The molecule has 4 aromatic heterocycles. The van der Waals surface area contributed by atoms with Crippen LogP contribution in [0.1, 0.15) is 70.4 Å². The molecule has 75 heavy (non-hydrogen) atoms. The number of ketones is 1. The van der Waals surface area contributed by atoms with Crippen molar-refractivity contribution in [1.29, 1.82) is 0 Å². The second-order valence-corrected chi connectivity index (χ2v) is 15.8. The number of benzene rings is 2. The van der Waals surface area contributed by atoms with E-state index in [0.717, 1.165) is 11.1 Å². The van der Waals surface area contributed by atoms with Gasteiger partial charge < -0.3 is 81.1 Å². The minimum Gasteiger partial charge on any atom is -0.481 e. The zero-order valence-corrected chi connectivity index (χ0v) is 41.0. The lowest BCUT2D eigenvalue weighted by Gasteiger charge is -2.08. The summed E-state index contributed by atoms with van der Waals surface area (Å²) in [6.45, 7) is 4.05. The molecule has 0 amide bonds. The van der Waals surface area contributed by atoms with Gasteiger partial charge in [-0.25, -0.2) is 14.4 Å². The first-order valence-electron chi connectivity index (χ1n) is 23.5. The number of hydrogen-bond acceptors (Lipinski definition) is 21. The Morgan fingerprint density at radius 3 is 1.33 bits per heavy atom. The topological polar surface area (TPSA) is 430 Å². The molecule has 28 heteroatoms. The fraction of sp³-hybridized carbons (Fsp3) is 0.447. The number of hydrogen-bond donors (Lipinski definition) is 10. The van der Waals surface area contributed by atoms with Crippen LogP contribution in [0, 0.1) is 0 Å². The quantitative estimate of drug-likeness (QED) is 0.0205. The Bertz CT molecular complexity index is 2850. The highest BCUT2D eigenvalue weighted by Crippen LogP contribution is 2.21. The second-order valence-electron chi connectivity index (χ2n) is 15.8. The van der Waals surface area contributed by atoms with E-state index in [9.17, 15) is 28.8 Å². The first-order valence-corrected chi connectivity index (χ1v) is 23.5. The molecule has 0 aliphatic heterocycles. The van der Waals surface area contributed by atoms with E-state index in [1.807, 2.05) is 0 Å². The molecule has 6 aromatic rings. The number of fused-ring (bicyclic) bond motifs is 2. The summed E-state index contributed by atoms with van der Waals surface area (Å²) in [5.74, 6) is -2.65. The van der Waals surface area contributed by atoms with E-state index in [1.54, 1.807) is 36.4 Å². The number of nitrogens with zero attached hydrogens (tertiary/aromatic N) is 6. The number of Topliss-reactive ketones (excluding diaryl/α,β-unsaturated/α-hetero) is 1. The van der Waals surface area contributed by atoms with Crippen LogP contribution in [0.15, 0.2) is 58.1 Å². The molecule has 4 heterocycles. The molecule has 0 aliphatic carbocycles. The van der Waals surface area contributed by atoms with Gasteiger partial charge in [-0.1, -0.05) is 36.4 Å². The Morgan fingerprint density at radius 1 is 0.520 bits per heavy atom. The maximum Gasteiger partial charge on any atom is 0.335 e. The number of carboxylic acids is 3. The van der Waals surface area contributed by atoms with Gasteiger partial charge in [-0.05, 0) is 29.7 Å². The van der Waals surface area contributed by atoms with Gasteiger partial charge in [0.15, 0.2) is 28.7 Å². The molecule has 408 valence electrons. The van der Waals surface area contributed by atoms with Crippen molar-refractivity contribution >= 4 is 57.7 Å². The molecular formula is C47H63N11O17. The number of rotatable bonds is 32. The average molecular weight is 1050 g/mol. The zero-order chi connectivity index (χ0) is 54.5. The Balaban J connectivity index is 0.000000276. The lowest BCUT2D eigenvalue weighted by atomic mass is 10.0. The van der Waals surface area contributed by atoms with Gasteiger partial charge in [0, 0.05) is 51.2 Å². The van der Waals surface area contributed by atoms with Crippen LogP contribution in [0.5, 0.6) is 12.0 Å². The van der Waals surface area contributed by atoms with E-state index >= 15 is 0 Å². The first-order chi connectivity index (χ1) is 36.1. The summed E-state index contributed by atoms with van der Waals surface area (Å²) >= 11 is 0. The molecule has 2 aromatic carbocycles. The Hall–Kier alpha value is -7.86. The highest BCUT2D eigenvalue weighted by atomic mass is 16.5. The maximum atomic E-state index is 12.5. The smallest absolute Gasteiger partial charge is 0.335 e. The summed E-state index contributed by atoms with van der Waals surface area (Å²) in [4.78, 5) is 90.3. The maximum absolute atomic E-state index is 12.5. The number of aromatic nitrogens is 8. The third kappa shape index (κ3) is 20.5. The Labute approximate surface area is 427 Å². The number of ether oxygens (including phenoxy) is 6. The van der Waals surface area contributed by atoms with Gasteiger partial charge in [0.05, 0.1) is 91.0 Å². The van der Waals surface area contributed by atoms with Crippen molar-refractivity contribution < 1.29 is 73.1 Å². The molecule has 6 rings (SSSR count). The molecule has 0 saturated carbocycles. The first kappa shape index (κ1) is 59.7. The lowest BCUT2D eigenvalue weighted by molar-refractivity contribution is -0.139. The van der Waals surface area contributed by atoms with Crippen LogP contribution >= 0.6 is 0 Å². The van der Waals surface area contributed by atoms with Crippen molar-refractivity contribution in [3.05, 3.63) is 91.8 Å². The summed E-state index contributed by atoms with van der Waals surface area (Å²) in [7, 11) is 0. The zero-order valence-electron chi connectivity index (χ0n) is 41.0. The molecule has 28 nitrogen and oxygen atoms in total. The van der Waals surface area contributed by atoms with Gasteiger partial charge >= 0.3 is 41.3 Å². The monoisotopic (exact) mass is 1050 g/mol. The minimum absolute atomic E-state index is 0.0115. The molecule has 0 aliphatic rings. The summed E-state index contributed by atoms with van der Waals surface area (Å²) in [5, 5.41) is 43.4. The number of H-pyrrole nitrogens is 2. The van der Waals surface area contributed by atoms with E-state index in [1.165, 1.54) is 21.3 Å². The normalized spacial score (nSPS) is 10.9. The van der Waals surface area contributed by atoms with Crippen molar-refractivity contribution in [3.8, 4) is 12.0 Å². The lowest BCUT2D eigenvalue weighted by Crippen LogP contribution is -2.18. The van der Waals surface area contributed by atoms with E-state index in [4.69, 9.17) is 71.2 Å². The fourth-order valence-electron chi connectivity index (χ4n) is 6.38. The van der Waals surface area contributed by atoms with Crippen molar-refractivity contribution in [3.63, 3.8) is 0 Å². The molecule has 13 N–H and O–H groups in total. The predicted octanol–water partition coefficient (Wildman–Crippen LogP) is 0.645. The number of anilines is 2. The third-order valence-corrected chi connectivity index (χ3v) is 10.1. The minimum atomic E-state index is -1.02. The number of nitrogen functional groups attached to an aromatic ring is 2. The summed E-state index contributed by atoms with van der Waals surface area (Å²) in [6, 6.07) is 13.2. The van der Waals surface area contributed by atoms with Crippen molar-refractivity contribution in [2.45, 2.75) is 51.6 Å². The van der Waals surface area contributed by atoms with Crippen LogP contribution in [0.4, 0.5) is 11.6 Å². The number of carbonyl (C=O) groups excluding carboxylic acids is 1. The molecule has 0 atom stereocenters. The van der Waals surface area contributed by atoms with E-state index in [-0.39, 0.29) is 106 Å². The summed E-state index contributed by atoms with van der Waals surface area (Å²) < 4.78 is 34.0. The highest BCUT2D eigenvalue weighted by molar-refractivity contribution is 5.96. The van der Waals surface area contributed by atoms with E-state index < -0.39 is 29.3 Å². The second kappa shape index (κ2) is 32.4. The van der Waals surface area contributed by atoms with Crippen molar-refractivity contribution in [1.82, 2.24) is 39.0 Å². The van der Waals surface area contributed by atoms with Gasteiger partial charge in [0.25, 0.3) is 0 Å². The third-order valence-electron chi connectivity index (χ3n) is 10.1. The van der Waals surface area contributed by atoms with Crippen molar-refractivity contribution in [2.24, 2.45) is 5.73 Å². The van der Waals surface area contributed by atoms with Gasteiger partial charge in [-0.3, -0.25) is 23.5 Å². The van der Waals surface area contributed by atoms with Crippen LogP contribution in [0.25, 0.3) is 22.3 Å². The number of aliphatic carboxylic acids is 2. The number of aromatic carboxylic acids is 1. The Morgan fingerprint density at radius 2 is 0.933 bits per heavy atom. The highest BCUT2D eigenvalue weighted by Gasteiger charge is 2.17. The fourth-order valence-corrected chi connectivity index (χ4v) is 6.38. The van der Waals surface area contributed by atoms with Crippen LogP contribution in [0.2, 0.25) is 0 Å². The number of nitrogens with two attached hydrogens (primary N) is 3. The van der Waals surface area contributed by atoms with Gasteiger partial charge in [-0.2, -0.15) is 19.9 Å². The molecule has 0 fully saturated rings. The van der Waals surface area contributed by atoms with E-state index in [0.29, 0.717) is 94.1 Å². The van der Waals surface area contributed by atoms with Crippen LogP contribution < -0.4 is 38.1 Å². The summed E-state index contributed by atoms with van der Waals surface area (Å²) in [5.41, 5.74) is 19.5. The molecule has 0 radical (unpaired) electrons. The summed E-state index contributed by atoms with van der Waals surface area (Å²) in [6.07, 6.45) is 1.68. The predicted molar refractivity (Wildman–Crippen MR) is 268 cm³/mol. The van der Waals surface area contributed by atoms with E-state index in [2.05, 4.69) is 29.9 Å². The molecular weight excluding hydrogens is 991 g/mol. The number of carboxylic acid groups (broad SMARTS) is 3. The number of imidazole rings is 2. The van der Waals surface area contributed by atoms with Crippen molar-refractivity contribution in [2.75, 3.05) is 97.3 Å². The van der Waals surface area contributed by atoms with Crippen LogP contribution in [-0.4, -0.2) is 174 Å². The number of aliphatic hydroxyl groups is 2. The molecule has 0 spiro atoms. The van der Waals surface area contributed by atoms with Crippen LogP contribution in [0.3, 0.4) is 0 Å². The Kier molecular flexibility index (Phi) is 25.8. The average Bonchev–Trinajstić information content (AvgIpc) is 3.88. The molecule has 0 bridgehead atoms. The van der Waals surface area contributed by atoms with Crippen LogP contribution in [-0.2, 0) is 41.6 Å². The number of nitrogens with one attached hydrogen (secondary N) is 2. The standard InChI is InChI=1S/C24H31N5O8.C16H17N5O5.C7H15NO4/c25-21-20-22(28-23(27-21)37-11-2-9-30)29(24(34)26-20)15-16-4-6-17(7-5-16)18(31)3-1-10-35-13-14-36-12-8-19(32)33;17-12-11-13(20-15(19-12)26-7-1-6-22)21(16(25)18-11)8-9-2-4-10(5-3-9)14(23)24;8-2-4-12-6-5-11-3-1-7(9)10/h4-7,30H,1-3,8-15H2,(H,26,34)(H,32,33)(H2,25,27,28);2-5,22H,1,6-8H2,(H,18,25)(H,23,24)(H2,17,19,20);1-6,8H2,(H,9,10). The SMILES string of the molecule is NCCOCCOCCC(=O)O.Nc1nc(OCCCO)nc2c1[nH]c(=O)n2Cc1ccc(C(=O)CCCOCCOCCC(=O)O)cc1.Nc1nc(OCCCO)nc2c1[nH]c(=O)n2Cc1ccc(C(=O)O)cc1. The number of aromatic amines is 2.